The molecule has 1 aromatic carbocycles. The quantitative estimate of drug-likeness (QED) is 0.801. The van der Waals surface area contributed by atoms with E-state index >= 15 is 0 Å². The normalized spacial score (nSPS) is 21.0. The fourth-order valence-electron chi connectivity index (χ4n) is 2.57. The molecule has 0 amide bonds. The lowest BCUT2D eigenvalue weighted by atomic mass is 10.0. The second-order valence-corrected chi connectivity index (χ2v) is 7.06. The van der Waals surface area contributed by atoms with E-state index in [1.807, 2.05) is 18.2 Å². The van der Waals surface area contributed by atoms with Gasteiger partial charge in [0.15, 0.2) is 11.9 Å². The molecule has 0 fully saturated rings. The molecule has 1 aliphatic heterocycles. The third-order valence-electron chi connectivity index (χ3n) is 3.57. The number of para-hydroxylation sites is 1. The van der Waals surface area contributed by atoms with Crippen LogP contribution >= 0.6 is 23.1 Å². The number of carbonyl (C=O) groups is 1. The van der Waals surface area contributed by atoms with Crippen molar-refractivity contribution in [2.75, 3.05) is 5.75 Å². The van der Waals surface area contributed by atoms with E-state index in [1.54, 1.807) is 11.8 Å². The Kier molecular flexibility index (Phi) is 3.04. The molecule has 0 bridgehead atoms. The summed E-state index contributed by atoms with van der Waals surface area (Å²) in [4.78, 5) is 18.6. The number of nitrogens with zero attached hydrogens (tertiary/aromatic N) is 1. The van der Waals surface area contributed by atoms with Gasteiger partial charge in [-0.2, -0.15) is 0 Å². The summed E-state index contributed by atoms with van der Waals surface area (Å²) in [7, 11) is 0. The highest BCUT2D eigenvalue weighted by molar-refractivity contribution is 7.99. The van der Waals surface area contributed by atoms with E-state index in [-0.39, 0.29) is 11.9 Å². The van der Waals surface area contributed by atoms with Gasteiger partial charge in [0.25, 0.3) is 0 Å². The van der Waals surface area contributed by atoms with E-state index in [0.717, 1.165) is 39.9 Å². The Labute approximate surface area is 125 Å². The van der Waals surface area contributed by atoms with E-state index in [0.29, 0.717) is 6.42 Å². The number of Topliss-reactive ketones (excluding diaryl/α,β-unsaturated/α-hetero) is 1. The molecule has 1 aliphatic carbocycles. The van der Waals surface area contributed by atoms with Crippen LogP contribution in [0.5, 0.6) is 5.75 Å². The Morgan fingerprint density at radius 1 is 1.25 bits per heavy atom. The van der Waals surface area contributed by atoms with Crippen LogP contribution in [0.4, 0.5) is 0 Å². The van der Waals surface area contributed by atoms with E-state index in [9.17, 15) is 4.79 Å². The van der Waals surface area contributed by atoms with E-state index in [4.69, 9.17) is 4.74 Å². The molecule has 1 atom stereocenters. The van der Waals surface area contributed by atoms with Gasteiger partial charge in [0, 0.05) is 17.1 Å². The average molecular weight is 303 g/mol. The van der Waals surface area contributed by atoms with Crippen molar-refractivity contribution in [1.82, 2.24) is 4.98 Å². The number of rotatable bonds is 1. The number of hydrogen-bond donors (Lipinski definition) is 0. The number of ether oxygens (including phenoxy) is 1. The molecule has 0 N–H and O–H groups in total. The molecule has 2 aromatic rings. The van der Waals surface area contributed by atoms with Gasteiger partial charge in [-0.1, -0.05) is 12.1 Å². The molecule has 0 saturated carbocycles. The molecular weight excluding hydrogens is 290 g/mol. The minimum Gasteiger partial charge on any atom is -0.481 e. The first-order valence-corrected chi connectivity index (χ1v) is 8.53. The topological polar surface area (TPSA) is 39.2 Å². The molecule has 102 valence electrons. The Morgan fingerprint density at radius 3 is 3.05 bits per heavy atom. The van der Waals surface area contributed by atoms with Gasteiger partial charge < -0.3 is 4.74 Å². The molecule has 0 saturated heterocycles. The van der Waals surface area contributed by atoms with Crippen molar-refractivity contribution in [3.8, 4) is 5.75 Å². The minimum absolute atomic E-state index is 0.0294. The number of hydrogen-bond acceptors (Lipinski definition) is 5. The first kappa shape index (κ1) is 12.4. The number of fused-ring (bicyclic) bond motifs is 2. The predicted molar refractivity (Wildman–Crippen MR) is 79.9 cm³/mol. The van der Waals surface area contributed by atoms with Gasteiger partial charge >= 0.3 is 0 Å². The SMILES string of the molecule is O=C1CCCc2nc(C3CSc4ccccc4O3)sc21. The number of thiazole rings is 1. The van der Waals surface area contributed by atoms with Crippen LogP contribution in [0.25, 0.3) is 0 Å². The molecule has 1 unspecified atom stereocenters. The third-order valence-corrected chi connectivity index (χ3v) is 5.92. The van der Waals surface area contributed by atoms with Crippen LogP contribution in [0.3, 0.4) is 0 Å². The molecule has 20 heavy (non-hydrogen) atoms. The number of aryl methyl sites for hydroxylation is 1. The van der Waals surface area contributed by atoms with Gasteiger partial charge in [0.05, 0.1) is 10.6 Å². The molecule has 5 heteroatoms. The third kappa shape index (κ3) is 2.05. The summed E-state index contributed by atoms with van der Waals surface area (Å²) in [5.41, 5.74) is 0.980. The minimum atomic E-state index is -0.0294. The molecule has 2 heterocycles. The average Bonchev–Trinajstić information content (AvgIpc) is 2.92. The lowest BCUT2D eigenvalue weighted by Gasteiger charge is -2.23. The van der Waals surface area contributed by atoms with Gasteiger partial charge in [-0.05, 0) is 25.0 Å². The summed E-state index contributed by atoms with van der Waals surface area (Å²) in [6, 6.07) is 8.08. The smallest absolute Gasteiger partial charge is 0.174 e. The number of benzene rings is 1. The highest BCUT2D eigenvalue weighted by atomic mass is 32.2. The molecule has 3 nitrogen and oxygen atoms in total. The van der Waals surface area contributed by atoms with Gasteiger partial charge in [0.2, 0.25) is 0 Å². The summed E-state index contributed by atoms with van der Waals surface area (Å²) in [6.07, 6.45) is 2.49. The first-order chi connectivity index (χ1) is 9.81. The standard InChI is InChI=1S/C15H13NO2S2/c17-10-5-3-4-9-14(10)20-15(16-9)12-8-19-13-7-2-1-6-11(13)18-12/h1-2,6-7,12H,3-5,8H2. The zero-order valence-electron chi connectivity index (χ0n) is 10.8. The van der Waals surface area contributed by atoms with Crippen LogP contribution in [0, 0.1) is 0 Å². The van der Waals surface area contributed by atoms with Gasteiger partial charge in [0.1, 0.15) is 10.8 Å². The molecule has 4 rings (SSSR count). The van der Waals surface area contributed by atoms with E-state index in [2.05, 4.69) is 11.1 Å². The second-order valence-electron chi connectivity index (χ2n) is 4.97. The van der Waals surface area contributed by atoms with E-state index in [1.165, 1.54) is 16.2 Å². The van der Waals surface area contributed by atoms with Crippen molar-refractivity contribution < 1.29 is 9.53 Å². The first-order valence-electron chi connectivity index (χ1n) is 6.72. The lowest BCUT2D eigenvalue weighted by molar-refractivity contribution is 0.0976. The fraction of sp³-hybridized carbons (Fsp3) is 0.333. The lowest BCUT2D eigenvalue weighted by Crippen LogP contribution is -2.14. The Hall–Kier alpha value is -1.33. The summed E-state index contributed by atoms with van der Waals surface area (Å²) in [6.45, 7) is 0. The number of aromatic nitrogens is 1. The zero-order chi connectivity index (χ0) is 13.5. The Balaban J connectivity index is 1.65. The van der Waals surface area contributed by atoms with Crippen LogP contribution in [-0.2, 0) is 6.42 Å². The number of carbonyl (C=O) groups excluding carboxylic acids is 1. The van der Waals surface area contributed by atoms with Crippen LogP contribution in [0.1, 0.15) is 39.3 Å². The van der Waals surface area contributed by atoms with Crippen molar-refractivity contribution >= 4 is 28.9 Å². The van der Waals surface area contributed by atoms with Crippen LogP contribution in [-0.4, -0.2) is 16.5 Å². The maximum absolute atomic E-state index is 11.9. The van der Waals surface area contributed by atoms with Crippen molar-refractivity contribution in [1.29, 1.82) is 0 Å². The molecule has 1 aromatic heterocycles. The van der Waals surface area contributed by atoms with Crippen molar-refractivity contribution in [3.05, 3.63) is 39.8 Å². The molecule has 0 spiro atoms. The summed E-state index contributed by atoms with van der Waals surface area (Å²) in [5.74, 6) is 2.03. The van der Waals surface area contributed by atoms with Gasteiger partial charge in [-0.25, -0.2) is 4.98 Å². The van der Waals surface area contributed by atoms with Gasteiger partial charge in [-0.3, -0.25) is 4.79 Å². The van der Waals surface area contributed by atoms with Crippen molar-refractivity contribution in [2.45, 2.75) is 30.3 Å². The molecule has 0 radical (unpaired) electrons. The van der Waals surface area contributed by atoms with E-state index < -0.39 is 0 Å². The highest BCUT2D eigenvalue weighted by Gasteiger charge is 2.28. The Morgan fingerprint density at radius 2 is 2.15 bits per heavy atom. The monoisotopic (exact) mass is 303 g/mol. The van der Waals surface area contributed by atoms with Crippen LogP contribution in [0.15, 0.2) is 29.2 Å². The summed E-state index contributed by atoms with van der Waals surface area (Å²) >= 11 is 3.32. The number of ketones is 1. The summed E-state index contributed by atoms with van der Waals surface area (Å²) in [5, 5.41) is 0.951. The zero-order valence-corrected chi connectivity index (χ0v) is 12.4. The number of thioether (sulfide) groups is 1. The highest BCUT2D eigenvalue weighted by Crippen LogP contribution is 2.42. The largest absolute Gasteiger partial charge is 0.481 e. The Bertz CT molecular complexity index is 680. The summed E-state index contributed by atoms with van der Waals surface area (Å²) < 4.78 is 6.05. The van der Waals surface area contributed by atoms with Crippen molar-refractivity contribution in [2.24, 2.45) is 0 Å². The molecule has 2 aliphatic rings. The fourth-order valence-corrected chi connectivity index (χ4v) is 4.77. The van der Waals surface area contributed by atoms with Crippen molar-refractivity contribution in [3.63, 3.8) is 0 Å². The van der Waals surface area contributed by atoms with Crippen LogP contribution in [0.2, 0.25) is 0 Å². The maximum Gasteiger partial charge on any atom is 0.174 e. The predicted octanol–water partition coefficient (Wildman–Crippen LogP) is 3.89. The molecular formula is C15H13NO2S2. The second kappa shape index (κ2) is 4.90. The van der Waals surface area contributed by atoms with Crippen LogP contribution < -0.4 is 4.74 Å². The maximum atomic E-state index is 11.9. The van der Waals surface area contributed by atoms with Gasteiger partial charge in [-0.15, -0.1) is 23.1 Å².